The van der Waals surface area contributed by atoms with Crippen molar-refractivity contribution in [2.75, 3.05) is 12.4 Å². The Bertz CT molecular complexity index is 722. The molecule has 1 N–H and O–H groups in total. The lowest BCUT2D eigenvalue weighted by Crippen LogP contribution is -2.20. The van der Waals surface area contributed by atoms with Crippen molar-refractivity contribution >= 4 is 23.3 Å². The first-order chi connectivity index (χ1) is 10.2. The van der Waals surface area contributed by atoms with Gasteiger partial charge in [-0.25, -0.2) is 0 Å². The molecule has 106 valence electrons. The molecule has 2 aromatic carbocycles. The fourth-order valence-corrected chi connectivity index (χ4v) is 3.30. The van der Waals surface area contributed by atoms with E-state index >= 15 is 0 Å². The van der Waals surface area contributed by atoms with Gasteiger partial charge in [-0.3, -0.25) is 9.59 Å². The first-order valence-electron chi connectivity index (χ1n) is 6.78. The third-order valence-electron chi connectivity index (χ3n) is 3.47. The van der Waals surface area contributed by atoms with E-state index in [1.165, 1.54) is 0 Å². The number of ketones is 2. The van der Waals surface area contributed by atoms with Crippen molar-refractivity contribution in [3.63, 3.8) is 0 Å². The van der Waals surface area contributed by atoms with Gasteiger partial charge in [-0.15, -0.1) is 11.8 Å². The molecular weight excluding hydrogens is 284 g/mol. The lowest BCUT2D eigenvalue weighted by atomic mass is 9.84. The van der Waals surface area contributed by atoms with E-state index in [0.29, 0.717) is 28.7 Å². The Labute approximate surface area is 127 Å². The van der Waals surface area contributed by atoms with Gasteiger partial charge in [0.1, 0.15) is 0 Å². The average molecular weight is 298 g/mol. The molecule has 0 fully saturated rings. The van der Waals surface area contributed by atoms with Crippen molar-refractivity contribution in [1.29, 1.82) is 0 Å². The molecule has 0 saturated carbocycles. The van der Waals surface area contributed by atoms with Gasteiger partial charge in [0.2, 0.25) is 0 Å². The maximum Gasteiger partial charge on any atom is 0.194 e. The van der Waals surface area contributed by atoms with Gasteiger partial charge in [0.15, 0.2) is 11.6 Å². The van der Waals surface area contributed by atoms with Crippen molar-refractivity contribution in [1.82, 2.24) is 0 Å². The summed E-state index contributed by atoms with van der Waals surface area (Å²) >= 11 is 1.58. The van der Waals surface area contributed by atoms with Crippen LogP contribution < -0.4 is 0 Å². The van der Waals surface area contributed by atoms with Gasteiger partial charge >= 0.3 is 0 Å². The van der Waals surface area contributed by atoms with Crippen LogP contribution in [0.4, 0.5) is 0 Å². The van der Waals surface area contributed by atoms with Gasteiger partial charge in [0.25, 0.3) is 0 Å². The fourth-order valence-electron chi connectivity index (χ4n) is 2.42. The Kier molecular flexibility index (Phi) is 3.90. The summed E-state index contributed by atoms with van der Waals surface area (Å²) in [6.45, 7) is 0.155. The lowest BCUT2D eigenvalue weighted by Gasteiger charge is -2.17. The molecule has 21 heavy (non-hydrogen) atoms. The second-order valence-electron chi connectivity index (χ2n) is 4.84. The van der Waals surface area contributed by atoms with Crippen LogP contribution in [0.3, 0.4) is 0 Å². The zero-order valence-corrected chi connectivity index (χ0v) is 12.2. The Hall–Kier alpha value is -1.91. The number of aliphatic hydroxyl groups excluding tert-OH is 1. The van der Waals surface area contributed by atoms with Gasteiger partial charge in [-0.1, -0.05) is 24.3 Å². The van der Waals surface area contributed by atoms with Crippen molar-refractivity contribution in [2.45, 2.75) is 11.3 Å². The first-order valence-corrected chi connectivity index (χ1v) is 7.77. The number of hydrogen-bond donors (Lipinski definition) is 1. The summed E-state index contributed by atoms with van der Waals surface area (Å²) < 4.78 is 0. The summed E-state index contributed by atoms with van der Waals surface area (Å²) in [5, 5.41) is 8.81. The average Bonchev–Trinajstić information content (AvgIpc) is 2.53. The molecule has 2 aromatic rings. The minimum atomic E-state index is -0.0928. The van der Waals surface area contributed by atoms with Gasteiger partial charge in [0.05, 0.1) is 0 Å². The van der Waals surface area contributed by atoms with Crippen LogP contribution in [0.1, 0.15) is 38.3 Å². The topological polar surface area (TPSA) is 54.4 Å². The number of thioether (sulfide) groups is 1. The third-order valence-corrected chi connectivity index (χ3v) is 4.55. The maximum atomic E-state index is 12.5. The van der Waals surface area contributed by atoms with Crippen LogP contribution in [0.5, 0.6) is 0 Å². The highest BCUT2D eigenvalue weighted by Crippen LogP contribution is 2.30. The normalized spacial score (nSPS) is 13.0. The second-order valence-corrected chi connectivity index (χ2v) is 6.01. The molecule has 0 heterocycles. The SMILES string of the molecule is O=C1c2ccccc2C(=O)c2cc(SCCCO)ccc21. The van der Waals surface area contributed by atoms with Gasteiger partial charge in [-0.05, 0) is 24.6 Å². The maximum absolute atomic E-state index is 12.5. The standard InChI is InChI=1S/C17H14O3S/c18-8-3-9-21-11-6-7-14-15(10-11)17(20)13-5-2-1-4-12(13)16(14)19/h1-2,4-7,10,18H,3,8-9H2. The summed E-state index contributed by atoms with van der Waals surface area (Å²) in [5.41, 5.74) is 1.92. The van der Waals surface area contributed by atoms with Gasteiger partial charge in [-0.2, -0.15) is 0 Å². The second kappa shape index (κ2) is 5.84. The van der Waals surface area contributed by atoms with Crippen LogP contribution in [-0.4, -0.2) is 29.0 Å². The quantitative estimate of drug-likeness (QED) is 0.594. The predicted molar refractivity (Wildman–Crippen MR) is 82.2 cm³/mol. The van der Waals surface area contributed by atoms with Crippen molar-refractivity contribution < 1.29 is 14.7 Å². The monoisotopic (exact) mass is 298 g/mol. The smallest absolute Gasteiger partial charge is 0.194 e. The third kappa shape index (κ3) is 2.52. The molecule has 0 amide bonds. The van der Waals surface area contributed by atoms with E-state index in [4.69, 9.17) is 5.11 Å². The van der Waals surface area contributed by atoms with Crippen LogP contribution in [-0.2, 0) is 0 Å². The van der Waals surface area contributed by atoms with E-state index in [2.05, 4.69) is 0 Å². The summed E-state index contributed by atoms with van der Waals surface area (Å²) in [6.07, 6.45) is 0.706. The lowest BCUT2D eigenvalue weighted by molar-refractivity contribution is 0.0979. The Morgan fingerprint density at radius 1 is 0.857 bits per heavy atom. The molecule has 0 aromatic heterocycles. The zero-order valence-electron chi connectivity index (χ0n) is 11.3. The van der Waals surface area contributed by atoms with Crippen molar-refractivity contribution in [3.05, 3.63) is 64.7 Å². The molecule has 0 saturated heterocycles. The number of fused-ring (bicyclic) bond motifs is 2. The number of aliphatic hydroxyl groups is 1. The highest BCUT2D eigenvalue weighted by Gasteiger charge is 2.29. The molecule has 0 atom stereocenters. The minimum absolute atomic E-state index is 0.0906. The molecule has 3 rings (SSSR count). The number of benzene rings is 2. The van der Waals surface area contributed by atoms with Crippen LogP contribution in [0.15, 0.2) is 47.4 Å². The molecule has 1 aliphatic carbocycles. The number of carbonyl (C=O) groups is 2. The molecule has 0 unspecified atom stereocenters. The molecule has 0 aliphatic heterocycles. The Balaban J connectivity index is 1.99. The molecule has 0 bridgehead atoms. The van der Waals surface area contributed by atoms with E-state index in [-0.39, 0.29) is 18.2 Å². The van der Waals surface area contributed by atoms with Crippen molar-refractivity contribution in [2.24, 2.45) is 0 Å². The van der Waals surface area contributed by atoms with E-state index in [9.17, 15) is 9.59 Å². The number of carbonyl (C=O) groups excluding carboxylic acids is 2. The highest BCUT2D eigenvalue weighted by atomic mass is 32.2. The Morgan fingerprint density at radius 2 is 1.48 bits per heavy atom. The number of hydrogen-bond acceptors (Lipinski definition) is 4. The largest absolute Gasteiger partial charge is 0.396 e. The van der Waals surface area contributed by atoms with E-state index in [1.54, 1.807) is 48.2 Å². The van der Waals surface area contributed by atoms with Gasteiger partial charge < -0.3 is 5.11 Å². The first kappa shape index (κ1) is 14.0. The van der Waals surface area contributed by atoms with E-state index < -0.39 is 0 Å². The fraction of sp³-hybridized carbons (Fsp3) is 0.176. The van der Waals surface area contributed by atoms with E-state index in [0.717, 1.165) is 10.6 Å². The van der Waals surface area contributed by atoms with Crippen LogP contribution in [0, 0.1) is 0 Å². The minimum Gasteiger partial charge on any atom is -0.396 e. The molecule has 0 radical (unpaired) electrons. The molecule has 3 nitrogen and oxygen atoms in total. The molecule has 0 spiro atoms. The number of rotatable bonds is 4. The molecular formula is C17H14O3S. The van der Waals surface area contributed by atoms with E-state index in [1.807, 2.05) is 6.07 Å². The van der Waals surface area contributed by atoms with Crippen molar-refractivity contribution in [3.8, 4) is 0 Å². The predicted octanol–water partition coefficient (Wildman–Crippen LogP) is 2.94. The summed E-state index contributed by atoms with van der Waals surface area (Å²) in [4.78, 5) is 25.9. The van der Waals surface area contributed by atoms with Gasteiger partial charge in [0, 0.05) is 39.5 Å². The molecule has 4 heteroatoms. The Morgan fingerprint density at radius 3 is 2.14 bits per heavy atom. The summed E-state index contributed by atoms with van der Waals surface area (Å²) in [7, 11) is 0. The summed E-state index contributed by atoms with van der Waals surface area (Å²) in [5.74, 6) is 0.602. The molecule has 1 aliphatic rings. The zero-order chi connectivity index (χ0) is 14.8. The van der Waals surface area contributed by atoms with Crippen LogP contribution >= 0.6 is 11.8 Å². The van der Waals surface area contributed by atoms with Crippen LogP contribution in [0.2, 0.25) is 0 Å². The van der Waals surface area contributed by atoms with Crippen LogP contribution in [0.25, 0.3) is 0 Å². The highest BCUT2D eigenvalue weighted by molar-refractivity contribution is 7.99. The summed E-state index contributed by atoms with van der Waals surface area (Å²) in [6, 6.07) is 12.3.